The standard InChI is InChI=1S/C15H14FNO3/c1-9-6-13(16)10(2)5-12(9)11-3-4-14(18)17(7-11)8-15(19)20/h3-7H,8H2,1-2H3,(H,19,20). The van der Waals surface area contributed by atoms with Crippen molar-refractivity contribution in [2.75, 3.05) is 0 Å². The molecular weight excluding hydrogens is 261 g/mol. The number of halogens is 1. The Hall–Kier alpha value is -2.43. The summed E-state index contributed by atoms with van der Waals surface area (Å²) < 4.78 is 14.6. The minimum absolute atomic E-state index is 0.287. The minimum Gasteiger partial charge on any atom is -0.480 e. The molecule has 0 unspecified atom stereocenters. The summed E-state index contributed by atoms with van der Waals surface area (Å²) in [7, 11) is 0. The van der Waals surface area contributed by atoms with Gasteiger partial charge in [0.05, 0.1) is 0 Å². The number of carbonyl (C=O) groups is 1. The molecule has 1 heterocycles. The van der Waals surface area contributed by atoms with Gasteiger partial charge in [-0.3, -0.25) is 9.59 Å². The number of carboxylic acids is 1. The van der Waals surface area contributed by atoms with Gasteiger partial charge in [-0.1, -0.05) is 0 Å². The molecule has 4 nitrogen and oxygen atoms in total. The molecule has 0 amide bonds. The van der Waals surface area contributed by atoms with E-state index < -0.39 is 12.5 Å². The second-order valence-corrected chi connectivity index (χ2v) is 4.69. The summed E-state index contributed by atoms with van der Waals surface area (Å²) in [6.07, 6.45) is 1.48. The van der Waals surface area contributed by atoms with E-state index in [4.69, 9.17) is 5.11 Å². The van der Waals surface area contributed by atoms with Gasteiger partial charge in [0, 0.05) is 12.3 Å². The number of aryl methyl sites for hydroxylation is 2. The van der Waals surface area contributed by atoms with Crippen LogP contribution in [0.3, 0.4) is 0 Å². The summed E-state index contributed by atoms with van der Waals surface area (Å²) in [5.74, 6) is -1.37. The molecule has 1 N–H and O–H groups in total. The van der Waals surface area contributed by atoms with Crippen LogP contribution in [0.25, 0.3) is 11.1 Å². The van der Waals surface area contributed by atoms with Crippen LogP contribution in [0.4, 0.5) is 4.39 Å². The average molecular weight is 275 g/mol. The monoisotopic (exact) mass is 275 g/mol. The van der Waals surface area contributed by atoms with Crippen molar-refractivity contribution in [1.82, 2.24) is 4.57 Å². The van der Waals surface area contributed by atoms with Crippen LogP contribution in [0, 0.1) is 19.7 Å². The van der Waals surface area contributed by atoms with Crippen molar-refractivity contribution >= 4 is 5.97 Å². The smallest absolute Gasteiger partial charge is 0.323 e. The summed E-state index contributed by atoms with van der Waals surface area (Å²) in [6, 6.07) is 6.05. The van der Waals surface area contributed by atoms with Crippen molar-refractivity contribution in [3.05, 3.63) is 57.8 Å². The highest BCUT2D eigenvalue weighted by atomic mass is 19.1. The van der Waals surface area contributed by atoms with E-state index >= 15 is 0 Å². The van der Waals surface area contributed by atoms with Gasteiger partial charge in [-0.25, -0.2) is 4.39 Å². The molecule has 0 aliphatic rings. The first-order valence-electron chi connectivity index (χ1n) is 6.08. The predicted octanol–water partition coefficient (Wildman–Crippen LogP) is 2.36. The summed E-state index contributed by atoms with van der Waals surface area (Å²) in [6.45, 7) is 3.03. The molecule has 0 aliphatic carbocycles. The lowest BCUT2D eigenvalue weighted by atomic mass is 9.99. The first-order chi connectivity index (χ1) is 9.38. The third kappa shape index (κ3) is 2.77. The lowest BCUT2D eigenvalue weighted by Crippen LogP contribution is -2.22. The molecule has 2 rings (SSSR count). The quantitative estimate of drug-likeness (QED) is 0.935. The Kier molecular flexibility index (Phi) is 3.70. The van der Waals surface area contributed by atoms with Gasteiger partial charge in [0.25, 0.3) is 5.56 Å². The number of pyridine rings is 1. The zero-order valence-electron chi connectivity index (χ0n) is 11.2. The lowest BCUT2D eigenvalue weighted by Gasteiger charge is -2.10. The van der Waals surface area contributed by atoms with E-state index in [2.05, 4.69) is 0 Å². The Balaban J connectivity index is 2.56. The second kappa shape index (κ2) is 5.28. The van der Waals surface area contributed by atoms with Crippen LogP contribution >= 0.6 is 0 Å². The highest BCUT2D eigenvalue weighted by Crippen LogP contribution is 2.25. The maximum Gasteiger partial charge on any atom is 0.323 e. The van der Waals surface area contributed by atoms with E-state index in [1.807, 2.05) is 0 Å². The Labute approximate surface area is 115 Å². The number of rotatable bonds is 3. The number of aromatic nitrogens is 1. The van der Waals surface area contributed by atoms with Crippen LogP contribution in [0.5, 0.6) is 0 Å². The van der Waals surface area contributed by atoms with Gasteiger partial charge in [-0.05, 0) is 54.3 Å². The van der Waals surface area contributed by atoms with Gasteiger partial charge in [-0.15, -0.1) is 0 Å². The summed E-state index contributed by atoms with van der Waals surface area (Å²) >= 11 is 0. The first kappa shape index (κ1) is 14.0. The number of hydrogen-bond donors (Lipinski definition) is 1. The van der Waals surface area contributed by atoms with Gasteiger partial charge >= 0.3 is 5.97 Å². The maximum absolute atomic E-state index is 13.5. The zero-order chi connectivity index (χ0) is 14.9. The van der Waals surface area contributed by atoms with Crippen molar-refractivity contribution in [3.8, 4) is 11.1 Å². The number of carboxylic acid groups (broad SMARTS) is 1. The number of hydrogen-bond acceptors (Lipinski definition) is 2. The Morgan fingerprint density at radius 1 is 1.25 bits per heavy atom. The molecule has 0 saturated heterocycles. The highest BCUT2D eigenvalue weighted by Gasteiger charge is 2.09. The Morgan fingerprint density at radius 2 is 1.95 bits per heavy atom. The summed E-state index contributed by atoms with van der Waals surface area (Å²) in [4.78, 5) is 22.3. The molecule has 0 fully saturated rings. The Morgan fingerprint density at radius 3 is 2.60 bits per heavy atom. The van der Waals surface area contributed by atoms with Crippen LogP contribution in [0.1, 0.15) is 11.1 Å². The normalized spacial score (nSPS) is 10.6. The van der Waals surface area contributed by atoms with Crippen LogP contribution in [-0.4, -0.2) is 15.6 Å². The van der Waals surface area contributed by atoms with E-state index in [1.165, 1.54) is 18.3 Å². The van der Waals surface area contributed by atoms with Crippen molar-refractivity contribution < 1.29 is 14.3 Å². The molecule has 0 bridgehead atoms. The molecule has 0 spiro atoms. The van der Waals surface area contributed by atoms with Crippen LogP contribution in [0.2, 0.25) is 0 Å². The summed E-state index contributed by atoms with van der Waals surface area (Å²) in [5, 5.41) is 8.78. The molecular formula is C15H14FNO3. The third-order valence-electron chi connectivity index (χ3n) is 3.11. The van der Waals surface area contributed by atoms with Crippen molar-refractivity contribution in [2.45, 2.75) is 20.4 Å². The number of benzene rings is 1. The largest absolute Gasteiger partial charge is 0.480 e. The lowest BCUT2D eigenvalue weighted by molar-refractivity contribution is -0.137. The van der Waals surface area contributed by atoms with E-state index in [9.17, 15) is 14.0 Å². The van der Waals surface area contributed by atoms with Gasteiger partial charge in [0.15, 0.2) is 0 Å². The molecule has 1 aromatic carbocycles. The maximum atomic E-state index is 13.5. The molecule has 0 aliphatic heterocycles. The molecule has 20 heavy (non-hydrogen) atoms. The minimum atomic E-state index is -1.09. The van der Waals surface area contributed by atoms with Crippen LogP contribution in [-0.2, 0) is 11.3 Å². The van der Waals surface area contributed by atoms with E-state index in [0.29, 0.717) is 11.1 Å². The van der Waals surface area contributed by atoms with E-state index in [0.717, 1.165) is 15.7 Å². The molecule has 5 heteroatoms. The fourth-order valence-electron chi connectivity index (χ4n) is 2.05. The molecule has 1 aromatic heterocycles. The fourth-order valence-corrected chi connectivity index (χ4v) is 2.05. The van der Waals surface area contributed by atoms with Gasteiger partial charge in [0.1, 0.15) is 12.4 Å². The topological polar surface area (TPSA) is 59.3 Å². The first-order valence-corrected chi connectivity index (χ1v) is 6.08. The van der Waals surface area contributed by atoms with E-state index in [1.54, 1.807) is 26.0 Å². The molecule has 0 atom stereocenters. The highest BCUT2D eigenvalue weighted by molar-refractivity contribution is 5.69. The molecule has 104 valence electrons. The summed E-state index contributed by atoms with van der Waals surface area (Å²) in [5.41, 5.74) is 2.32. The van der Waals surface area contributed by atoms with Gasteiger partial charge < -0.3 is 9.67 Å². The van der Waals surface area contributed by atoms with Crippen molar-refractivity contribution in [1.29, 1.82) is 0 Å². The third-order valence-corrected chi connectivity index (χ3v) is 3.11. The van der Waals surface area contributed by atoms with Gasteiger partial charge in [-0.2, -0.15) is 0 Å². The van der Waals surface area contributed by atoms with Crippen LogP contribution in [0.15, 0.2) is 35.3 Å². The van der Waals surface area contributed by atoms with Crippen molar-refractivity contribution in [3.63, 3.8) is 0 Å². The van der Waals surface area contributed by atoms with Crippen molar-refractivity contribution in [2.24, 2.45) is 0 Å². The molecule has 0 saturated carbocycles. The zero-order valence-corrected chi connectivity index (χ0v) is 11.2. The second-order valence-electron chi connectivity index (χ2n) is 4.69. The van der Waals surface area contributed by atoms with Crippen LogP contribution < -0.4 is 5.56 Å². The predicted molar refractivity (Wildman–Crippen MR) is 73.2 cm³/mol. The fraction of sp³-hybridized carbons (Fsp3) is 0.200. The van der Waals surface area contributed by atoms with E-state index in [-0.39, 0.29) is 11.4 Å². The molecule has 0 radical (unpaired) electrons. The number of aliphatic carboxylic acids is 1. The van der Waals surface area contributed by atoms with Gasteiger partial charge in [0.2, 0.25) is 0 Å². The molecule has 2 aromatic rings. The average Bonchev–Trinajstić information content (AvgIpc) is 2.36. The Bertz CT molecular complexity index is 734. The number of nitrogens with zero attached hydrogens (tertiary/aromatic N) is 1. The SMILES string of the molecule is Cc1cc(-c2ccc(=O)n(CC(=O)O)c2)c(C)cc1F.